The van der Waals surface area contributed by atoms with Crippen LogP contribution in [0, 0.1) is 6.92 Å². The third kappa shape index (κ3) is 23.5. The van der Waals surface area contributed by atoms with E-state index in [0.29, 0.717) is 56.3 Å². The van der Waals surface area contributed by atoms with E-state index in [2.05, 4.69) is 82.9 Å². The molecule has 5 aliphatic carbocycles. The maximum absolute atomic E-state index is 13.4. The maximum Gasteiger partial charge on any atom is 0.573 e. The Morgan fingerprint density at radius 2 is 0.812 bits per heavy atom. The first kappa shape index (κ1) is 102. The number of carbonyl (C=O) groups is 5. The number of para-hydroxylation sites is 2. The van der Waals surface area contributed by atoms with E-state index in [9.17, 15) is 37.1 Å². The van der Waals surface area contributed by atoms with Crippen molar-refractivity contribution >= 4 is 34.9 Å². The number of amides is 1. The summed E-state index contributed by atoms with van der Waals surface area (Å²) in [5, 5.41) is 2.82. The Labute approximate surface area is 865 Å². The predicted molar refractivity (Wildman–Crippen MR) is 557 cm³/mol. The quantitative estimate of drug-likeness (QED) is 0.0386. The van der Waals surface area contributed by atoms with Crippen LogP contribution >= 0.6 is 0 Å². The van der Waals surface area contributed by atoms with E-state index in [0.717, 1.165) is 231 Å². The Morgan fingerprint density at radius 1 is 0.376 bits per heavy atom. The van der Waals surface area contributed by atoms with E-state index >= 15 is 0 Å². The van der Waals surface area contributed by atoms with Crippen molar-refractivity contribution in [1.82, 2.24) is 29.8 Å². The Hall–Kier alpha value is -15.8. The molecule has 24 nitrogen and oxygen atoms in total. The fourth-order valence-electron chi connectivity index (χ4n) is 20.2. The number of methoxy groups -OCH3 is 3. The molecule has 5 fully saturated rings. The second kappa shape index (κ2) is 44.5. The zero-order valence-corrected chi connectivity index (χ0v) is 84.4. The minimum atomic E-state index is -4.75. The highest BCUT2D eigenvalue weighted by molar-refractivity contribution is 6.01. The lowest BCUT2D eigenvalue weighted by Crippen LogP contribution is -2.29. The molecule has 149 heavy (non-hydrogen) atoms. The van der Waals surface area contributed by atoms with Crippen LogP contribution in [-0.2, 0) is 102 Å². The van der Waals surface area contributed by atoms with Crippen LogP contribution in [0.3, 0.4) is 0 Å². The zero-order chi connectivity index (χ0) is 103. The first-order valence-corrected chi connectivity index (χ1v) is 50.7. The Morgan fingerprint density at radius 3 is 1.26 bits per heavy atom. The van der Waals surface area contributed by atoms with Crippen molar-refractivity contribution in [2.24, 2.45) is 0 Å². The lowest BCUT2D eigenvalue weighted by Gasteiger charge is -2.31. The van der Waals surface area contributed by atoms with Gasteiger partial charge in [-0.15, -0.1) is 13.2 Å². The van der Waals surface area contributed by atoms with Gasteiger partial charge in [-0.05, 0) is 291 Å². The largest absolute Gasteiger partial charge is 0.573 e. The number of fused-ring (bicyclic) bond motifs is 4. The molecule has 0 radical (unpaired) electrons. The highest BCUT2D eigenvalue weighted by Gasteiger charge is 2.56. The molecule has 1 atom stereocenters. The van der Waals surface area contributed by atoms with Crippen molar-refractivity contribution in [3.8, 4) is 69.0 Å². The molecule has 0 saturated heterocycles. The number of hydrogen-bond acceptors (Lipinski definition) is 23. The number of nitrogens with one attached hydrogen (secondary N) is 1. The van der Waals surface area contributed by atoms with Gasteiger partial charge in [0.25, 0.3) is 0 Å². The summed E-state index contributed by atoms with van der Waals surface area (Å²) in [5.74, 6) is 9.21. The van der Waals surface area contributed by atoms with Crippen LogP contribution in [0.15, 0.2) is 286 Å². The predicted octanol–water partition coefficient (Wildman–Crippen LogP) is 22.6. The SMILES string of the molecule is CCN(CC)C(c1ccc(CC(=O)C2(c3ccc4c(c3)OCO4)CC2)nc1)c1ccccc1OC.CCc1ccnc(CC(=O)C2(c3ccc4c(c3)OCO4)CC2)c1.COc1ccc(Cc2cccc(CC(=O)C3(c4ccc5c(c4)OCO5)CC3)n2)cc1.COc1ccccc1Cc1ccc(NC(=O)C2(c3ccc(OC(F)(F)F)cc3)CC2)nc1.Cc1ccccc1Cc1cccc(CC(=O)C2(c3ccc4c(c3)OCO4)CC2)n1.[HH]. The lowest BCUT2D eigenvalue weighted by molar-refractivity contribution is -0.274. The molecule has 5 aromatic heterocycles. The second-order valence-electron chi connectivity index (χ2n) is 39.0. The summed E-state index contributed by atoms with van der Waals surface area (Å²) in [7, 11) is 4.99. The van der Waals surface area contributed by atoms with Crippen LogP contribution in [0.25, 0.3) is 0 Å². The third-order valence-corrected chi connectivity index (χ3v) is 29.7. The number of ketones is 4. The van der Waals surface area contributed by atoms with Crippen molar-refractivity contribution in [1.29, 1.82) is 0 Å². The number of halogens is 3. The Kier molecular flexibility index (Phi) is 30.4. The number of aromatic nitrogens is 5. The average molecular weight is 2010 g/mol. The number of alkyl halides is 3. The summed E-state index contributed by atoms with van der Waals surface area (Å²) in [6, 6.07) is 84.8. The number of nitrogens with zero attached hydrogens (tertiary/aromatic N) is 6. The molecule has 9 aromatic carbocycles. The lowest BCUT2D eigenvalue weighted by atomic mass is 9.88. The molecule has 1 amide bonds. The molecule has 9 heterocycles. The van der Waals surface area contributed by atoms with Crippen molar-refractivity contribution < 1.29 is 95.4 Å². The number of Topliss-reactive ketones (excluding diaryl/α,β-unsaturated/α-hetero) is 4. The first-order chi connectivity index (χ1) is 72.4. The van der Waals surface area contributed by atoms with Gasteiger partial charge in [0.1, 0.15) is 51.9 Å². The van der Waals surface area contributed by atoms with Gasteiger partial charge in [0.15, 0.2) is 46.0 Å². The summed E-state index contributed by atoms with van der Waals surface area (Å²) in [6.45, 7) is 11.3. The smallest absolute Gasteiger partial charge is 0.497 e. The van der Waals surface area contributed by atoms with Crippen LogP contribution in [0.1, 0.15) is 199 Å². The normalized spacial score (nSPS) is 15.8. The van der Waals surface area contributed by atoms with E-state index in [1.54, 1.807) is 39.8 Å². The number of rotatable bonds is 35. The van der Waals surface area contributed by atoms with Crippen molar-refractivity contribution in [3.63, 3.8) is 0 Å². The Bertz CT molecular complexity index is 7210. The molecule has 5 saturated carbocycles. The highest BCUT2D eigenvalue weighted by atomic mass is 19.4. The van der Waals surface area contributed by atoms with Crippen molar-refractivity contribution in [2.75, 3.05) is 66.9 Å². The minimum Gasteiger partial charge on any atom is -0.497 e. The van der Waals surface area contributed by atoms with Crippen LogP contribution in [-0.4, -0.2) is 127 Å². The molecular formula is C122H120F3N7O17. The van der Waals surface area contributed by atoms with Gasteiger partial charge in [-0.1, -0.05) is 154 Å². The average Bonchev–Trinajstić information content (AvgIpc) is 1.61. The van der Waals surface area contributed by atoms with E-state index in [-0.39, 0.29) is 74.8 Å². The van der Waals surface area contributed by atoms with Gasteiger partial charge in [-0.3, -0.25) is 48.8 Å². The van der Waals surface area contributed by atoms with Gasteiger partial charge in [0, 0.05) is 105 Å². The number of anilines is 1. The highest BCUT2D eigenvalue weighted by Crippen LogP contribution is 2.57. The van der Waals surface area contributed by atoms with Gasteiger partial charge >= 0.3 is 6.36 Å². The zero-order valence-electron chi connectivity index (χ0n) is 84.4. The third-order valence-electron chi connectivity index (χ3n) is 29.7. The summed E-state index contributed by atoms with van der Waals surface area (Å²) in [5.41, 5.74) is 16.8. The molecule has 14 aromatic rings. The van der Waals surface area contributed by atoms with Gasteiger partial charge in [0.05, 0.1) is 54.4 Å². The number of ether oxygens (including phenoxy) is 12. The molecule has 766 valence electrons. The summed E-state index contributed by atoms with van der Waals surface area (Å²) in [4.78, 5) is 90.9. The number of pyridine rings is 5. The molecule has 0 bridgehead atoms. The number of carbonyl (C=O) groups excluding carboxylic acids is 5. The standard InChI is InChI=1S/C29H32N2O4.C25H23NO4.C25H23NO3.C24H21F3N2O3.C19H19NO3.H2/c1-4-31(5-2)28(23-8-6-7-9-24(23)33-3)20-10-12-22(30-18-20)17-27(32)29(14-15-29)21-11-13-25-26(16-21)35-19-34-25;1-28-21-8-5-17(6-9-21)13-19-3-2-4-20(26-19)15-24(27)25(11-12-25)18-7-10-22-23(14-18)30-16-29-22;1-17-5-2-3-6-18(17)13-20-7-4-8-21(26-20)15-24(27)25(11-12-25)19-9-10-22-23(14-19)29-16-28-22;1-31-20-5-3-2-4-17(20)14-16-6-11-21(28-15-16)29-22(30)23(12-13-23)18-7-9-19(10-8-18)32-24(25,26)27;1-2-13-5-8-20-15(9-13)11-18(21)19(6-7-19)14-3-4-16-17(10-14)23-12-22-16;/h6-13,16,18,28H,4-5,14-15,17,19H2,1-3H3;2-10,14H,11-13,15-16H2,1H3;2-10,14H,11-13,15-16H2,1H3;2-11,15H,12-14H2,1H3,(H,28,29,30);3-5,8-10H,2,6-7,11-12H2,1H3;1H. The van der Waals surface area contributed by atoms with Crippen LogP contribution in [0.4, 0.5) is 19.0 Å². The Balaban J connectivity index is 0.000000123. The maximum atomic E-state index is 13.4. The molecule has 27 heteroatoms. The van der Waals surface area contributed by atoms with E-state index in [4.69, 9.17) is 67.1 Å². The van der Waals surface area contributed by atoms with Gasteiger partial charge in [-0.2, -0.15) is 0 Å². The summed E-state index contributed by atoms with van der Waals surface area (Å²) >= 11 is 0. The van der Waals surface area contributed by atoms with E-state index in [1.165, 1.54) is 41.0 Å². The van der Waals surface area contributed by atoms with Crippen LogP contribution < -0.4 is 62.2 Å². The summed E-state index contributed by atoms with van der Waals surface area (Å²) < 4.78 is 101. The van der Waals surface area contributed by atoms with Crippen LogP contribution in [0.2, 0.25) is 0 Å². The number of benzene rings is 9. The number of hydrogen-bond donors (Lipinski definition) is 1. The molecule has 23 rings (SSSR count). The van der Waals surface area contributed by atoms with Crippen molar-refractivity contribution in [3.05, 3.63) is 392 Å². The van der Waals surface area contributed by atoms with Crippen molar-refractivity contribution in [2.45, 2.75) is 183 Å². The van der Waals surface area contributed by atoms with Crippen LogP contribution in [0.5, 0.6) is 69.0 Å². The molecule has 1 N–H and O–H groups in total. The second-order valence-corrected chi connectivity index (χ2v) is 39.0. The fourth-order valence-corrected chi connectivity index (χ4v) is 20.2. The van der Waals surface area contributed by atoms with E-state index in [1.807, 2.05) is 212 Å². The molecule has 0 spiro atoms. The van der Waals surface area contributed by atoms with Gasteiger partial charge in [-0.25, -0.2) is 4.98 Å². The van der Waals surface area contributed by atoms with Gasteiger partial charge in [0.2, 0.25) is 33.1 Å². The van der Waals surface area contributed by atoms with Gasteiger partial charge < -0.3 is 62.2 Å². The number of aryl methyl sites for hydroxylation is 2. The summed E-state index contributed by atoms with van der Waals surface area (Å²) in [6.07, 6.45) is 13.4. The first-order valence-electron chi connectivity index (χ1n) is 50.7. The monoisotopic (exact) mass is 2010 g/mol. The minimum absolute atomic E-state index is 0. The fraction of sp³-hybridized carbons (Fsp3) is 0.311. The molecule has 9 aliphatic rings. The topological polar surface area (TPSA) is 276 Å². The molecular weight excluding hydrogens is 1890 g/mol. The molecule has 1 unspecified atom stereocenters. The molecule has 4 aliphatic heterocycles. The van der Waals surface area contributed by atoms with E-state index < -0.39 is 28.0 Å².